The summed E-state index contributed by atoms with van der Waals surface area (Å²) in [6.45, 7) is 23.4. The molecule has 2 saturated carbocycles. The minimum absolute atomic E-state index is 0. The number of rotatable bonds is 23. The summed E-state index contributed by atoms with van der Waals surface area (Å²) in [6, 6.07) is 36.7. The van der Waals surface area contributed by atoms with E-state index >= 15 is 0 Å². The molecule has 2 aliphatic carbocycles. The number of carboxylic acids is 1. The summed E-state index contributed by atoms with van der Waals surface area (Å²) >= 11 is 13.3. The van der Waals surface area contributed by atoms with Crippen molar-refractivity contribution in [3.63, 3.8) is 0 Å². The van der Waals surface area contributed by atoms with Gasteiger partial charge in [-0.1, -0.05) is 103 Å². The zero-order valence-electron chi connectivity index (χ0n) is 68.4. The van der Waals surface area contributed by atoms with Crippen molar-refractivity contribution in [3.05, 3.63) is 207 Å². The number of amides is 3. The van der Waals surface area contributed by atoms with E-state index in [4.69, 9.17) is 20.9 Å². The maximum Gasteiger partial charge on any atom is 1.00 e. The van der Waals surface area contributed by atoms with Crippen molar-refractivity contribution >= 4 is 108 Å². The van der Waals surface area contributed by atoms with Crippen LogP contribution in [0, 0.1) is 44.2 Å². The number of carbonyl (C=O) groups excluding carboxylic acids is 5. The summed E-state index contributed by atoms with van der Waals surface area (Å²) in [4.78, 5) is 75.3. The molecule has 0 bridgehead atoms. The number of halogens is 7. The van der Waals surface area contributed by atoms with Crippen molar-refractivity contribution in [1.82, 2.24) is 50.2 Å². The van der Waals surface area contributed by atoms with Crippen LogP contribution in [0.4, 0.5) is 28.4 Å². The number of carboxylic acid groups (broad SMARTS) is 1. The first-order chi connectivity index (χ1) is 53.0. The number of Topliss-reactive ketones (excluding diaryl/α,β-unsaturated/α-hetero) is 1. The van der Waals surface area contributed by atoms with Crippen molar-refractivity contribution in [2.45, 2.75) is 175 Å². The molecule has 606 valence electrons. The molecule has 3 aromatic heterocycles. The molecular weight excluding hydrogens is 1790 g/mol. The molecule has 33 heteroatoms. The number of benzene rings is 5. The van der Waals surface area contributed by atoms with Crippen LogP contribution >= 0.6 is 66.4 Å². The van der Waals surface area contributed by atoms with E-state index in [9.17, 15) is 47.4 Å². The number of anilines is 1. The number of aliphatic hydroxyl groups excluding tert-OH is 1. The zero-order valence-corrected chi connectivity index (χ0v) is 79.9. The van der Waals surface area contributed by atoms with Gasteiger partial charge in [0.25, 0.3) is 12.4 Å². The van der Waals surface area contributed by atoms with E-state index in [1.807, 2.05) is 49.4 Å². The second-order valence-electron chi connectivity index (χ2n) is 28.6. The molecule has 0 radical (unpaired) electrons. The van der Waals surface area contributed by atoms with Gasteiger partial charge in [-0.05, 0) is 285 Å². The topological polar surface area (TPSA) is 298 Å². The fraction of sp³-hybridized carbons (Fsp3) is 0.438. The molecule has 11 rings (SSSR count). The summed E-state index contributed by atoms with van der Waals surface area (Å²) in [5.74, 6) is -1.11. The van der Waals surface area contributed by atoms with E-state index in [0.717, 1.165) is 59.8 Å². The molecule has 1 saturated heterocycles. The molecule has 1 aliphatic heterocycles. The molecular formula is C80H103Br4F3K2N11O12P. The van der Waals surface area contributed by atoms with Crippen molar-refractivity contribution < 1.29 is 177 Å². The Balaban J connectivity index is 0.000000525. The first-order valence-electron chi connectivity index (χ1n) is 36.9. The molecule has 2 atom stereocenters. The van der Waals surface area contributed by atoms with Crippen LogP contribution in [0.3, 0.4) is 0 Å². The zero-order chi connectivity index (χ0) is 82.8. The van der Waals surface area contributed by atoms with Gasteiger partial charge < -0.3 is 57.4 Å². The average molecular weight is 1900 g/mol. The van der Waals surface area contributed by atoms with Crippen LogP contribution in [0.2, 0.25) is 0 Å². The smallest absolute Gasteiger partial charge is 1.00 e. The molecule has 0 spiro atoms. The number of nitrogens with zero attached hydrogens (tertiary/aromatic N) is 7. The largest absolute Gasteiger partial charge is 1.00 e. The van der Waals surface area contributed by atoms with Crippen molar-refractivity contribution in [1.29, 1.82) is 0 Å². The minimum Gasteiger partial charge on any atom is -1.00 e. The second-order valence-corrected chi connectivity index (χ2v) is 45.0. The Morgan fingerprint density at radius 1 is 0.681 bits per heavy atom. The van der Waals surface area contributed by atoms with Crippen LogP contribution in [0.1, 0.15) is 202 Å². The molecule has 5 aromatic carbocycles. The Morgan fingerprint density at radius 3 is 1.60 bits per heavy atom. The van der Waals surface area contributed by atoms with E-state index in [-0.39, 0.29) is 168 Å². The summed E-state index contributed by atoms with van der Waals surface area (Å²) in [7, 11) is 1.17. The fourth-order valence-electron chi connectivity index (χ4n) is 11.2. The van der Waals surface area contributed by atoms with Crippen molar-refractivity contribution in [2.24, 2.45) is 11.8 Å². The number of hydrogen-bond acceptors (Lipinski definition) is 16. The first kappa shape index (κ1) is 101. The predicted molar refractivity (Wildman–Crippen MR) is 441 cm³/mol. The maximum atomic E-state index is 14.6. The second kappa shape index (κ2) is 52.5. The normalized spacial score (nSPS) is 13.6. The Hall–Kier alpha value is -4.40. The molecule has 3 fully saturated rings. The molecule has 6 N–H and O–H groups in total. The maximum absolute atomic E-state index is 14.6. The number of likely N-dealkylation sites (N-methyl/N-ethyl adjacent to an activating group) is 1. The monoisotopic (exact) mass is 1890 g/mol. The summed E-state index contributed by atoms with van der Waals surface area (Å²) < 4.78 is 59.5. The fourth-order valence-corrected chi connectivity index (χ4v) is 11.8. The Morgan fingerprint density at radius 2 is 1.12 bits per heavy atom. The van der Waals surface area contributed by atoms with E-state index in [2.05, 4.69) is 129 Å². The SMILES string of the molecule is BrP(Br)Br.CCc1cccc(-n2nc(C)cc2C(=O)Cc2cc(C(Br)CCC3CC3)ccc2F)c1.CN1CCCNCC1.Cc1cc(C(=O)Nc2cc(C(O)CCC3CC3)ccc2F)n(-c2cccc(CNC(=O)OC(C)(C)C)c2)n1.Cc1cc(C(=O)O)n(-c2cccc(CNC(=O)OC(C)(C)C)c2)n1.O=CO[O-].[2H]CF.[H-].[K+].[K+]. The predicted octanol–water partition coefficient (Wildman–Crippen LogP) is 12.1. The van der Waals surface area contributed by atoms with Gasteiger partial charge in [0.2, 0.25) is 0 Å². The minimum atomic E-state index is -1.05. The van der Waals surface area contributed by atoms with Crippen LogP contribution in [0.15, 0.2) is 127 Å². The first-order valence-corrected chi connectivity index (χ1v) is 44.5. The number of alkyl carbamates (subject to hydrolysis) is 2. The van der Waals surface area contributed by atoms with Crippen LogP contribution in [-0.2, 0) is 45.1 Å². The number of ether oxygens (including phenoxy) is 2. The van der Waals surface area contributed by atoms with Gasteiger partial charge in [0.15, 0.2) is 11.5 Å². The number of ketones is 1. The number of aromatic nitrogens is 6. The van der Waals surface area contributed by atoms with Crippen LogP contribution < -0.4 is 129 Å². The molecule has 23 nitrogen and oxygen atoms in total. The number of carbonyl (C=O) groups is 6. The van der Waals surface area contributed by atoms with Gasteiger partial charge >= 0.3 is 121 Å². The number of nitrogens with one attached hydrogen (secondary N) is 4. The Bertz CT molecular complexity index is 4340. The van der Waals surface area contributed by atoms with Crippen LogP contribution in [-0.4, -0.2) is 132 Å². The third kappa shape index (κ3) is 38.9. The number of alkyl halides is 2. The Labute approximate surface area is 782 Å². The van der Waals surface area contributed by atoms with E-state index < -0.39 is 54.3 Å². The van der Waals surface area contributed by atoms with E-state index in [1.165, 1.54) is 97.4 Å². The standard InChI is InChI=1S/C29H35FN4O4.C26H28BrFN2O.C17H21N3O4.C6H14N2.CH3F.CH2O3.Br3P.2K.H/c1-18-14-25(27(36)32-24-16-21(11-12-23(24)30)26(35)13-10-19-8-9-19)34(33-18)22-7-5-6-20(15-22)17-31-28(37)38-29(2,3)4;1-3-18-5-4-6-22(14-18)30-25(13-17(2)29-30)26(31)16-21-15-20(10-12-24(21)28)23(27)11-9-19-7-8-19;1-11-8-14(15(21)22)20(19-11)13-7-5-6-12(9-13)10-18-16(23)24-17(2,3)4;1-8-5-2-3-7-4-6-8;1-2;2-1-4-3;1-4(2)3;;;/h5-7,11-12,14-16,19,26,35H,8-10,13,17H2,1-4H3,(H,31,37)(H,32,36);4-6,10,12-15,19,23H,3,7-9,11,16H2,1-2H3;5-9H,10H2,1-4H3,(H,18,23)(H,21,22);7H,2-6H2,1H3;1H3;1,3H;;;;/q;;;;;;;2*+1;-1/p-1/i;;;;1D;;;;;. The van der Waals surface area contributed by atoms with Gasteiger partial charge in [0.1, 0.15) is 38.3 Å². The summed E-state index contributed by atoms with van der Waals surface area (Å²) in [5, 5.41) is 52.8. The Kier molecular flexibility index (Phi) is 46.9. The number of hydrogen-bond donors (Lipinski definition) is 6. The quantitative estimate of drug-likeness (QED) is 0.00659. The number of aliphatic hydroxyl groups is 1. The molecule has 4 heterocycles. The number of aryl methyl sites for hydroxylation is 4. The van der Waals surface area contributed by atoms with Crippen LogP contribution in [0.25, 0.3) is 17.1 Å². The molecule has 8 aromatic rings. The molecule has 3 amide bonds. The van der Waals surface area contributed by atoms with Gasteiger partial charge in [0.05, 0.1) is 54.5 Å². The average Bonchev–Trinajstić information content (AvgIpc) is 1.71. The van der Waals surface area contributed by atoms with E-state index in [1.54, 1.807) is 115 Å². The molecule has 113 heavy (non-hydrogen) atoms. The summed E-state index contributed by atoms with van der Waals surface area (Å²) in [5.41, 5.74) is 8.50. The van der Waals surface area contributed by atoms with Crippen LogP contribution in [0.5, 0.6) is 0 Å². The van der Waals surface area contributed by atoms with Gasteiger partial charge in [-0.25, -0.2) is 37.2 Å². The molecule has 2 unspecified atom stereocenters. The summed E-state index contributed by atoms with van der Waals surface area (Å²) in [6.07, 6.45) is 9.31. The molecule has 3 aliphatic rings. The third-order valence-electron chi connectivity index (χ3n) is 16.9. The van der Waals surface area contributed by atoms with E-state index in [0.29, 0.717) is 51.9 Å². The number of aromatic carboxylic acids is 1. The van der Waals surface area contributed by atoms with Crippen molar-refractivity contribution in [2.75, 3.05) is 45.7 Å². The van der Waals surface area contributed by atoms with Gasteiger partial charge in [-0.3, -0.25) is 18.8 Å². The third-order valence-corrected chi connectivity index (χ3v) is 17.8. The van der Waals surface area contributed by atoms with Crippen molar-refractivity contribution in [3.8, 4) is 17.1 Å². The van der Waals surface area contributed by atoms with Gasteiger partial charge in [-0.2, -0.15) is 15.3 Å². The van der Waals surface area contributed by atoms with Gasteiger partial charge in [0, 0.05) is 37.4 Å². The van der Waals surface area contributed by atoms with Gasteiger partial charge in [-0.15, -0.1) is 0 Å².